The molecule has 0 aromatic heterocycles. The first kappa shape index (κ1) is 25.3. The molecule has 2 aromatic rings. The highest BCUT2D eigenvalue weighted by molar-refractivity contribution is 5.44. The third kappa shape index (κ3) is 4.29. The first-order valence-electron chi connectivity index (χ1n) is 16.3. The molecule has 0 spiro atoms. The molecule has 0 atom stereocenters. The molecule has 8 rings (SSSR count). The van der Waals surface area contributed by atoms with Crippen LogP contribution in [0.5, 0.6) is 0 Å². The molecule has 6 aliphatic rings. The van der Waals surface area contributed by atoms with Crippen molar-refractivity contribution in [2.24, 2.45) is 23.2 Å². The van der Waals surface area contributed by atoms with E-state index in [0.717, 1.165) is 17.8 Å². The average molecular weight is 511 g/mol. The Morgan fingerprint density at radius 3 is 1.76 bits per heavy atom. The molecule has 204 valence electrons. The molecule has 1 heterocycles. The second-order valence-electron chi connectivity index (χ2n) is 14.2. The van der Waals surface area contributed by atoms with Crippen LogP contribution in [0.2, 0.25) is 0 Å². The van der Waals surface area contributed by atoms with E-state index in [9.17, 15) is 0 Å². The van der Waals surface area contributed by atoms with Gasteiger partial charge in [0.1, 0.15) is 0 Å². The maximum absolute atomic E-state index is 3.63. The maximum atomic E-state index is 3.63. The predicted octanol–water partition coefficient (Wildman–Crippen LogP) is 7.97. The van der Waals surface area contributed by atoms with Gasteiger partial charge >= 0.3 is 0 Å². The van der Waals surface area contributed by atoms with Crippen molar-refractivity contribution in [3.8, 4) is 0 Å². The number of nitrogens with one attached hydrogen (secondary N) is 1. The quantitative estimate of drug-likeness (QED) is 0.387. The summed E-state index contributed by atoms with van der Waals surface area (Å²) in [6, 6.07) is 23.8. The van der Waals surface area contributed by atoms with Crippen molar-refractivity contribution in [2.45, 2.75) is 101 Å². The lowest BCUT2D eigenvalue weighted by molar-refractivity contribution is -0.0939. The summed E-state index contributed by atoms with van der Waals surface area (Å²) in [7, 11) is 0. The van der Waals surface area contributed by atoms with E-state index in [0.29, 0.717) is 11.0 Å². The molecule has 6 fully saturated rings. The minimum atomic E-state index is 0.144. The van der Waals surface area contributed by atoms with E-state index in [1.54, 1.807) is 11.1 Å². The fourth-order valence-corrected chi connectivity index (χ4v) is 11.2. The van der Waals surface area contributed by atoms with Gasteiger partial charge < -0.3 is 5.32 Å². The van der Waals surface area contributed by atoms with Crippen LogP contribution >= 0.6 is 0 Å². The lowest BCUT2D eigenvalue weighted by Crippen LogP contribution is -2.58. The van der Waals surface area contributed by atoms with E-state index >= 15 is 0 Å². The highest BCUT2D eigenvalue weighted by Gasteiger charge is 2.61. The fourth-order valence-electron chi connectivity index (χ4n) is 11.2. The molecule has 2 aromatic carbocycles. The molecule has 0 amide bonds. The lowest BCUT2D eigenvalue weighted by atomic mass is 9.39. The zero-order valence-corrected chi connectivity index (χ0v) is 23.7. The maximum Gasteiger partial charge on any atom is 0.0259 e. The zero-order chi connectivity index (χ0) is 25.5. The van der Waals surface area contributed by atoms with Crippen LogP contribution in [0, 0.1) is 23.2 Å². The van der Waals surface area contributed by atoms with E-state index in [4.69, 9.17) is 0 Å². The van der Waals surface area contributed by atoms with Crippen molar-refractivity contribution in [1.29, 1.82) is 0 Å². The van der Waals surface area contributed by atoms with Crippen LogP contribution in [-0.2, 0) is 5.41 Å². The van der Waals surface area contributed by atoms with Crippen molar-refractivity contribution < 1.29 is 0 Å². The van der Waals surface area contributed by atoms with Gasteiger partial charge in [0.05, 0.1) is 0 Å². The minimum Gasteiger partial charge on any atom is -0.314 e. The normalized spacial score (nSPS) is 32.9. The Hall–Kier alpha value is -1.64. The molecular formula is C36H50N2. The third-order valence-corrected chi connectivity index (χ3v) is 12.2. The highest BCUT2D eigenvalue weighted by atomic mass is 15.2. The van der Waals surface area contributed by atoms with Crippen molar-refractivity contribution in [3.63, 3.8) is 0 Å². The van der Waals surface area contributed by atoms with Crippen LogP contribution in [0.15, 0.2) is 60.7 Å². The van der Waals surface area contributed by atoms with Gasteiger partial charge in [-0.05, 0) is 98.5 Å². The molecule has 0 radical (unpaired) electrons. The molecule has 38 heavy (non-hydrogen) atoms. The summed E-state index contributed by atoms with van der Waals surface area (Å²) in [6.45, 7) is 4.84. The standard InChI is InChI=1S/C36H50N2/c1-4-11-32(12-5-1)36(33-13-6-2-7-14-33,34-26-29-23-30(27-34)25-31(24-29)28-34)18-10-17-35(15-8-3-9-16-35)38-21-19-37-20-22-38/h1-2,4-7,11-14,29-31,37H,3,8-10,15-28H2. The average Bonchev–Trinajstić information content (AvgIpc) is 2.96. The van der Waals surface area contributed by atoms with Crippen LogP contribution in [0.1, 0.15) is 101 Å². The monoisotopic (exact) mass is 510 g/mol. The Labute approximate surface area is 232 Å². The number of benzene rings is 2. The molecule has 1 saturated heterocycles. The van der Waals surface area contributed by atoms with E-state index in [-0.39, 0.29) is 5.41 Å². The van der Waals surface area contributed by atoms with Crippen molar-refractivity contribution in [1.82, 2.24) is 10.2 Å². The minimum absolute atomic E-state index is 0.144. The molecule has 0 unspecified atom stereocenters. The summed E-state index contributed by atoms with van der Waals surface area (Å²) in [4.78, 5) is 2.93. The molecular weight excluding hydrogens is 460 g/mol. The van der Waals surface area contributed by atoms with Crippen LogP contribution in [0.25, 0.3) is 0 Å². The van der Waals surface area contributed by atoms with E-state index < -0.39 is 0 Å². The number of piperazine rings is 1. The third-order valence-electron chi connectivity index (χ3n) is 12.2. The SMILES string of the molecule is c1ccc(C(CCCC2(N3CCNCC3)CCCCC2)(c2ccccc2)C23CC4CC(CC(C4)C2)C3)cc1. The smallest absolute Gasteiger partial charge is 0.0259 e. The van der Waals surface area contributed by atoms with Gasteiger partial charge in [0, 0.05) is 37.1 Å². The molecule has 2 nitrogen and oxygen atoms in total. The number of hydrogen-bond donors (Lipinski definition) is 1. The molecule has 2 heteroatoms. The van der Waals surface area contributed by atoms with Crippen LogP contribution in [0.4, 0.5) is 0 Å². The van der Waals surface area contributed by atoms with E-state index in [1.165, 1.54) is 116 Å². The van der Waals surface area contributed by atoms with E-state index in [1.807, 2.05) is 0 Å². The molecule has 1 N–H and O–H groups in total. The molecule has 5 aliphatic carbocycles. The van der Waals surface area contributed by atoms with Gasteiger partial charge in [0.25, 0.3) is 0 Å². The Morgan fingerprint density at radius 1 is 0.711 bits per heavy atom. The summed E-state index contributed by atoms with van der Waals surface area (Å²) in [5, 5.41) is 3.63. The van der Waals surface area contributed by atoms with Gasteiger partial charge in [-0.3, -0.25) is 4.90 Å². The second-order valence-corrected chi connectivity index (χ2v) is 14.2. The molecule has 4 bridgehead atoms. The van der Waals surface area contributed by atoms with Crippen molar-refractivity contribution in [3.05, 3.63) is 71.8 Å². The largest absolute Gasteiger partial charge is 0.314 e. The van der Waals surface area contributed by atoms with Crippen LogP contribution in [0.3, 0.4) is 0 Å². The molecule has 5 saturated carbocycles. The van der Waals surface area contributed by atoms with Crippen LogP contribution < -0.4 is 5.32 Å². The summed E-state index contributed by atoms with van der Waals surface area (Å²) in [6.07, 6.45) is 20.2. The van der Waals surface area contributed by atoms with Crippen molar-refractivity contribution in [2.75, 3.05) is 26.2 Å². The molecule has 1 aliphatic heterocycles. The summed E-state index contributed by atoms with van der Waals surface area (Å²) < 4.78 is 0. The fraction of sp³-hybridized carbons (Fsp3) is 0.667. The number of hydrogen-bond acceptors (Lipinski definition) is 2. The van der Waals surface area contributed by atoms with Gasteiger partial charge in [-0.2, -0.15) is 0 Å². The summed E-state index contributed by atoms with van der Waals surface area (Å²) in [5.74, 6) is 2.91. The van der Waals surface area contributed by atoms with Gasteiger partial charge in [0.15, 0.2) is 0 Å². The number of rotatable bonds is 8. The topological polar surface area (TPSA) is 15.3 Å². The lowest BCUT2D eigenvalue weighted by Gasteiger charge is -2.64. The first-order valence-corrected chi connectivity index (χ1v) is 16.3. The van der Waals surface area contributed by atoms with Gasteiger partial charge in [-0.15, -0.1) is 0 Å². The Balaban J connectivity index is 1.27. The first-order chi connectivity index (χ1) is 18.7. The Bertz CT molecular complexity index is 972. The number of nitrogens with zero attached hydrogens (tertiary/aromatic N) is 1. The van der Waals surface area contributed by atoms with Crippen molar-refractivity contribution >= 4 is 0 Å². The Kier molecular flexibility index (Phi) is 6.93. The summed E-state index contributed by atoms with van der Waals surface area (Å²) in [5.41, 5.74) is 4.26. The van der Waals surface area contributed by atoms with Gasteiger partial charge in [-0.25, -0.2) is 0 Å². The van der Waals surface area contributed by atoms with Crippen LogP contribution in [-0.4, -0.2) is 36.6 Å². The van der Waals surface area contributed by atoms with Gasteiger partial charge in [0.2, 0.25) is 0 Å². The predicted molar refractivity (Wildman–Crippen MR) is 158 cm³/mol. The summed E-state index contributed by atoms with van der Waals surface area (Å²) >= 11 is 0. The van der Waals surface area contributed by atoms with E-state index in [2.05, 4.69) is 70.9 Å². The van der Waals surface area contributed by atoms with Gasteiger partial charge in [-0.1, -0.05) is 86.3 Å². The zero-order valence-electron chi connectivity index (χ0n) is 23.7. The highest BCUT2D eigenvalue weighted by Crippen LogP contribution is 2.69. The second kappa shape index (κ2) is 10.4. The Morgan fingerprint density at radius 2 is 1.24 bits per heavy atom.